The summed E-state index contributed by atoms with van der Waals surface area (Å²) in [6.45, 7) is 2.12. The standard InChI is InChI=1S/C14H12BrN3/c1-10-5-2-3-6-11(10)9-13-17-14(15)12-7-4-8-16-18(12)13/h2-8H,9H2,1H3. The first-order valence-electron chi connectivity index (χ1n) is 5.78. The van der Waals surface area contributed by atoms with Crippen molar-refractivity contribution in [3.8, 4) is 0 Å². The molecule has 90 valence electrons. The fourth-order valence-electron chi connectivity index (χ4n) is 2.05. The Bertz CT molecular complexity index is 703. The number of imidazole rings is 1. The monoisotopic (exact) mass is 301 g/mol. The second-order valence-electron chi connectivity index (χ2n) is 4.24. The third-order valence-electron chi connectivity index (χ3n) is 3.04. The van der Waals surface area contributed by atoms with Gasteiger partial charge in [0, 0.05) is 12.6 Å². The van der Waals surface area contributed by atoms with Crippen LogP contribution in [0.4, 0.5) is 0 Å². The van der Waals surface area contributed by atoms with Gasteiger partial charge in [-0.05, 0) is 46.1 Å². The fraction of sp³-hybridized carbons (Fsp3) is 0.143. The molecule has 0 fully saturated rings. The van der Waals surface area contributed by atoms with Crippen LogP contribution in [0.15, 0.2) is 47.2 Å². The van der Waals surface area contributed by atoms with Gasteiger partial charge in [-0.3, -0.25) is 0 Å². The molecular formula is C14H12BrN3. The van der Waals surface area contributed by atoms with E-state index in [4.69, 9.17) is 0 Å². The number of benzene rings is 1. The number of fused-ring (bicyclic) bond motifs is 1. The van der Waals surface area contributed by atoms with Gasteiger partial charge < -0.3 is 0 Å². The third kappa shape index (κ3) is 1.93. The molecule has 4 heteroatoms. The maximum Gasteiger partial charge on any atom is 0.136 e. The highest BCUT2D eigenvalue weighted by atomic mass is 79.9. The molecule has 0 N–H and O–H groups in total. The van der Waals surface area contributed by atoms with E-state index < -0.39 is 0 Å². The average Bonchev–Trinajstić information content (AvgIpc) is 2.70. The quantitative estimate of drug-likeness (QED) is 0.726. The summed E-state index contributed by atoms with van der Waals surface area (Å²) in [7, 11) is 0. The van der Waals surface area contributed by atoms with Gasteiger partial charge in [-0.25, -0.2) is 9.50 Å². The molecule has 0 saturated heterocycles. The van der Waals surface area contributed by atoms with Crippen LogP contribution in [0.3, 0.4) is 0 Å². The molecule has 18 heavy (non-hydrogen) atoms. The number of halogens is 1. The molecule has 0 aliphatic heterocycles. The minimum absolute atomic E-state index is 0.788. The summed E-state index contributed by atoms with van der Waals surface area (Å²) in [5, 5.41) is 4.35. The van der Waals surface area contributed by atoms with E-state index in [2.05, 4.69) is 57.2 Å². The average molecular weight is 302 g/mol. The topological polar surface area (TPSA) is 30.2 Å². The number of aromatic nitrogens is 3. The van der Waals surface area contributed by atoms with E-state index in [0.29, 0.717) is 0 Å². The Hall–Kier alpha value is -1.68. The highest BCUT2D eigenvalue weighted by molar-refractivity contribution is 9.10. The van der Waals surface area contributed by atoms with Gasteiger partial charge in [-0.1, -0.05) is 24.3 Å². The summed E-state index contributed by atoms with van der Waals surface area (Å²) < 4.78 is 2.73. The van der Waals surface area contributed by atoms with E-state index in [9.17, 15) is 0 Å². The van der Waals surface area contributed by atoms with Gasteiger partial charge in [0.15, 0.2) is 0 Å². The molecule has 0 saturated carbocycles. The Morgan fingerprint density at radius 3 is 2.83 bits per heavy atom. The van der Waals surface area contributed by atoms with Crippen LogP contribution >= 0.6 is 15.9 Å². The Labute approximate surface area is 114 Å². The summed E-state index contributed by atoms with van der Waals surface area (Å²) in [4.78, 5) is 4.54. The van der Waals surface area contributed by atoms with Crippen LogP contribution in [-0.2, 0) is 6.42 Å². The molecule has 2 aromatic heterocycles. The lowest BCUT2D eigenvalue weighted by atomic mass is 10.1. The van der Waals surface area contributed by atoms with Gasteiger partial charge in [0.25, 0.3) is 0 Å². The van der Waals surface area contributed by atoms with Gasteiger partial charge in [0.05, 0.1) is 5.52 Å². The summed E-state index contributed by atoms with van der Waals surface area (Å²) in [5.74, 6) is 0.951. The lowest BCUT2D eigenvalue weighted by Crippen LogP contribution is -2.00. The largest absolute Gasteiger partial charge is 0.223 e. The van der Waals surface area contributed by atoms with Crippen molar-refractivity contribution in [3.63, 3.8) is 0 Å². The Morgan fingerprint density at radius 2 is 2.00 bits per heavy atom. The zero-order valence-corrected chi connectivity index (χ0v) is 11.6. The molecule has 0 radical (unpaired) electrons. The van der Waals surface area contributed by atoms with E-state index in [1.165, 1.54) is 11.1 Å². The minimum atomic E-state index is 0.788. The van der Waals surface area contributed by atoms with E-state index in [-0.39, 0.29) is 0 Å². The smallest absolute Gasteiger partial charge is 0.136 e. The summed E-state index contributed by atoms with van der Waals surface area (Å²) in [6.07, 6.45) is 2.57. The molecule has 0 aliphatic carbocycles. The van der Waals surface area contributed by atoms with Crippen LogP contribution in [0.1, 0.15) is 17.0 Å². The van der Waals surface area contributed by atoms with Gasteiger partial charge >= 0.3 is 0 Å². The Morgan fingerprint density at radius 1 is 1.17 bits per heavy atom. The number of hydrogen-bond acceptors (Lipinski definition) is 2. The van der Waals surface area contributed by atoms with Crippen LogP contribution in [0.25, 0.3) is 5.52 Å². The molecule has 3 aromatic rings. The summed E-state index contributed by atoms with van der Waals surface area (Å²) in [6, 6.07) is 12.3. The van der Waals surface area contributed by atoms with Crippen molar-refractivity contribution in [1.29, 1.82) is 0 Å². The Kier molecular flexibility index (Phi) is 2.88. The summed E-state index contributed by atoms with van der Waals surface area (Å²) in [5.41, 5.74) is 3.56. The molecular weight excluding hydrogens is 290 g/mol. The van der Waals surface area contributed by atoms with Crippen LogP contribution in [0.5, 0.6) is 0 Å². The van der Waals surface area contributed by atoms with Crippen molar-refractivity contribution in [2.75, 3.05) is 0 Å². The lowest BCUT2D eigenvalue weighted by molar-refractivity contribution is 0.839. The molecule has 0 atom stereocenters. The van der Waals surface area contributed by atoms with Crippen LogP contribution in [0, 0.1) is 6.92 Å². The molecule has 3 rings (SSSR count). The number of rotatable bonds is 2. The zero-order chi connectivity index (χ0) is 12.5. The van der Waals surface area contributed by atoms with Crippen molar-refractivity contribution >= 4 is 21.4 Å². The summed E-state index contributed by atoms with van der Waals surface area (Å²) >= 11 is 3.48. The van der Waals surface area contributed by atoms with Crippen molar-refractivity contribution in [2.24, 2.45) is 0 Å². The molecule has 0 unspecified atom stereocenters. The van der Waals surface area contributed by atoms with E-state index in [0.717, 1.165) is 22.4 Å². The molecule has 0 amide bonds. The number of nitrogens with zero attached hydrogens (tertiary/aromatic N) is 3. The SMILES string of the molecule is Cc1ccccc1Cc1nc(Br)c2cccnn12. The van der Waals surface area contributed by atoms with Gasteiger partial charge in [0.2, 0.25) is 0 Å². The maximum atomic E-state index is 4.54. The van der Waals surface area contributed by atoms with Crippen molar-refractivity contribution in [2.45, 2.75) is 13.3 Å². The fourth-order valence-corrected chi connectivity index (χ4v) is 2.55. The first kappa shape index (κ1) is 11.4. The minimum Gasteiger partial charge on any atom is -0.223 e. The molecule has 0 aliphatic rings. The van der Waals surface area contributed by atoms with Gasteiger partial charge in [-0.15, -0.1) is 0 Å². The molecule has 3 nitrogen and oxygen atoms in total. The van der Waals surface area contributed by atoms with Crippen molar-refractivity contribution < 1.29 is 0 Å². The van der Waals surface area contributed by atoms with Crippen LogP contribution in [0.2, 0.25) is 0 Å². The molecule has 2 heterocycles. The first-order chi connectivity index (χ1) is 8.75. The number of hydrogen-bond donors (Lipinski definition) is 0. The first-order valence-corrected chi connectivity index (χ1v) is 6.57. The predicted molar refractivity (Wildman–Crippen MR) is 74.7 cm³/mol. The van der Waals surface area contributed by atoms with Crippen molar-refractivity contribution in [3.05, 3.63) is 64.1 Å². The van der Waals surface area contributed by atoms with Gasteiger partial charge in [0.1, 0.15) is 10.4 Å². The highest BCUT2D eigenvalue weighted by Crippen LogP contribution is 2.20. The maximum absolute atomic E-state index is 4.54. The lowest BCUT2D eigenvalue weighted by Gasteiger charge is -2.04. The van der Waals surface area contributed by atoms with Gasteiger partial charge in [-0.2, -0.15) is 5.10 Å². The number of aryl methyl sites for hydroxylation is 1. The second-order valence-corrected chi connectivity index (χ2v) is 4.99. The zero-order valence-electron chi connectivity index (χ0n) is 9.97. The van der Waals surface area contributed by atoms with E-state index in [1.807, 2.05) is 16.6 Å². The third-order valence-corrected chi connectivity index (χ3v) is 3.63. The van der Waals surface area contributed by atoms with Crippen LogP contribution < -0.4 is 0 Å². The highest BCUT2D eigenvalue weighted by Gasteiger charge is 2.10. The Balaban J connectivity index is 2.08. The molecule has 1 aromatic carbocycles. The predicted octanol–water partition coefficient (Wildman–Crippen LogP) is 3.39. The second kappa shape index (κ2) is 4.53. The van der Waals surface area contributed by atoms with E-state index >= 15 is 0 Å². The van der Waals surface area contributed by atoms with Crippen molar-refractivity contribution in [1.82, 2.24) is 14.6 Å². The molecule has 0 bridgehead atoms. The normalized spacial score (nSPS) is 11.0. The molecule has 0 spiro atoms. The van der Waals surface area contributed by atoms with Crippen LogP contribution in [-0.4, -0.2) is 14.6 Å². The van der Waals surface area contributed by atoms with E-state index in [1.54, 1.807) is 6.20 Å².